The largest absolute Gasteiger partial charge is 0.477 e. The van der Waals surface area contributed by atoms with E-state index in [1.807, 2.05) is 30.3 Å². The van der Waals surface area contributed by atoms with Crippen molar-refractivity contribution in [3.63, 3.8) is 0 Å². The number of benzene rings is 1. The van der Waals surface area contributed by atoms with Crippen molar-refractivity contribution in [3.8, 4) is 0 Å². The van der Waals surface area contributed by atoms with Crippen molar-refractivity contribution < 1.29 is 19.5 Å². The van der Waals surface area contributed by atoms with Crippen LogP contribution >= 0.6 is 23.5 Å². The first-order valence-corrected chi connectivity index (χ1v) is 9.32. The molecule has 1 fully saturated rings. The normalized spacial score (nSPS) is 19.1. The number of carbonyl (C=O) groups is 3. The van der Waals surface area contributed by atoms with E-state index in [4.69, 9.17) is 0 Å². The minimum absolute atomic E-state index is 0.0657. The topological polar surface area (TPSA) is 86.7 Å². The van der Waals surface area contributed by atoms with E-state index in [0.717, 1.165) is 5.56 Å². The fourth-order valence-electron chi connectivity index (χ4n) is 2.44. The Morgan fingerprint density at radius 1 is 1.33 bits per heavy atom. The molecule has 126 valence electrons. The summed E-state index contributed by atoms with van der Waals surface area (Å²) in [5.41, 5.74) is 1.10. The number of rotatable bonds is 7. The van der Waals surface area contributed by atoms with E-state index in [2.05, 4.69) is 5.32 Å². The van der Waals surface area contributed by atoms with Gasteiger partial charge in [-0.25, -0.2) is 4.79 Å². The molecule has 3 rings (SSSR count). The number of carbonyl (C=O) groups excluding carboxylic acids is 2. The van der Waals surface area contributed by atoms with Gasteiger partial charge in [0, 0.05) is 18.7 Å². The van der Waals surface area contributed by atoms with Crippen LogP contribution in [0.1, 0.15) is 18.4 Å². The van der Waals surface area contributed by atoms with Gasteiger partial charge in [-0.15, -0.1) is 11.8 Å². The summed E-state index contributed by atoms with van der Waals surface area (Å²) in [6.45, 7) is 0.479. The quantitative estimate of drug-likeness (QED) is 0.720. The number of aliphatic carboxylic acids is 1. The van der Waals surface area contributed by atoms with Crippen LogP contribution in [0, 0.1) is 0 Å². The number of carboxylic acid groups (broad SMARTS) is 1. The summed E-state index contributed by atoms with van der Waals surface area (Å²) in [7, 11) is 0. The molecule has 2 amide bonds. The number of nitrogens with zero attached hydrogens (tertiary/aromatic N) is 1. The fraction of sp³-hybridized carbons (Fsp3) is 0.312. The Kier molecular flexibility index (Phi) is 5.15. The molecule has 0 unspecified atom stereocenters. The number of fused-ring (bicyclic) bond motifs is 1. The van der Waals surface area contributed by atoms with Gasteiger partial charge in [0.25, 0.3) is 0 Å². The van der Waals surface area contributed by atoms with Crippen LogP contribution in [0.15, 0.2) is 40.3 Å². The van der Waals surface area contributed by atoms with E-state index < -0.39 is 5.97 Å². The number of amides is 2. The molecule has 24 heavy (non-hydrogen) atoms. The van der Waals surface area contributed by atoms with Crippen molar-refractivity contribution >= 4 is 41.3 Å². The summed E-state index contributed by atoms with van der Waals surface area (Å²) in [5, 5.41) is 12.0. The lowest BCUT2D eigenvalue weighted by Crippen LogP contribution is -2.48. The average Bonchev–Trinajstić information content (AvgIpc) is 2.86. The Morgan fingerprint density at radius 3 is 2.75 bits per heavy atom. The Hall–Kier alpha value is -1.93. The van der Waals surface area contributed by atoms with Crippen LogP contribution in [0.5, 0.6) is 0 Å². The van der Waals surface area contributed by atoms with E-state index in [9.17, 15) is 19.5 Å². The lowest BCUT2D eigenvalue weighted by atomic mass is 10.2. The second-order valence-corrected chi connectivity index (χ2v) is 7.89. The zero-order valence-electron chi connectivity index (χ0n) is 12.7. The SMILES string of the molecule is O=C(CCSC1=C(C(=O)O)N2C(=O)C[C@@H]2S1)NCc1ccccc1. The number of nitrogens with one attached hydrogen (secondary N) is 1. The highest BCUT2D eigenvalue weighted by Crippen LogP contribution is 2.50. The van der Waals surface area contributed by atoms with Gasteiger partial charge in [-0.1, -0.05) is 42.1 Å². The average molecular weight is 364 g/mol. The van der Waals surface area contributed by atoms with Gasteiger partial charge in [0.1, 0.15) is 0 Å². The van der Waals surface area contributed by atoms with Crippen LogP contribution in [0.2, 0.25) is 0 Å². The number of thioether (sulfide) groups is 2. The monoisotopic (exact) mass is 364 g/mol. The Morgan fingerprint density at radius 2 is 2.08 bits per heavy atom. The highest BCUT2D eigenvalue weighted by molar-refractivity contribution is 8.22. The first kappa shape index (κ1) is 16.9. The maximum absolute atomic E-state index is 11.9. The van der Waals surface area contributed by atoms with Crippen molar-refractivity contribution in [2.75, 3.05) is 5.75 Å². The maximum Gasteiger partial charge on any atom is 0.354 e. The van der Waals surface area contributed by atoms with Gasteiger partial charge in [0.2, 0.25) is 11.8 Å². The summed E-state index contributed by atoms with van der Waals surface area (Å²) in [6, 6.07) is 9.63. The molecule has 2 N–H and O–H groups in total. The second kappa shape index (κ2) is 7.31. The fourth-order valence-corrected chi connectivity index (χ4v) is 5.19. The van der Waals surface area contributed by atoms with E-state index in [1.54, 1.807) is 0 Å². The molecule has 1 atom stereocenters. The van der Waals surface area contributed by atoms with E-state index in [1.165, 1.54) is 28.4 Å². The van der Waals surface area contributed by atoms with Crippen LogP contribution < -0.4 is 5.32 Å². The van der Waals surface area contributed by atoms with Crippen LogP contribution in [0.3, 0.4) is 0 Å². The summed E-state index contributed by atoms with van der Waals surface area (Å²) >= 11 is 2.72. The molecule has 2 heterocycles. The molecule has 0 saturated carbocycles. The van der Waals surface area contributed by atoms with Crippen molar-refractivity contribution in [2.45, 2.75) is 24.8 Å². The van der Waals surface area contributed by atoms with Crippen molar-refractivity contribution in [1.82, 2.24) is 10.2 Å². The molecule has 8 heteroatoms. The summed E-state index contributed by atoms with van der Waals surface area (Å²) in [4.78, 5) is 36.1. The van der Waals surface area contributed by atoms with Crippen LogP contribution in [0.25, 0.3) is 0 Å². The van der Waals surface area contributed by atoms with E-state index in [0.29, 0.717) is 29.4 Å². The maximum atomic E-state index is 11.9. The van der Waals surface area contributed by atoms with Gasteiger partial charge < -0.3 is 10.4 Å². The molecule has 6 nitrogen and oxygen atoms in total. The summed E-state index contributed by atoms with van der Waals surface area (Å²) < 4.78 is 0.620. The zero-order valence-corrected chi connectivity index (χ0v) is 14.4. The van der Waals surface area contributed by atoms with Crippen molar-refractivity contribution in [2.24, 2.45) is 0 Å². The molecule has 0 spiro atoms. The standard InChI is InChI=1S/C16H16N2O4S2/c19-11(17-9-10-4-2-1-3-5-10)6-7-23-16-14(15(21)22)18-12(20)8-13(18)24-16/h1-5,13H,6-9H2,(H,17,19)(H,21,22)/t13-/m0/s1. The molecule has 2 aliphatic rings. The molecule has 0 radical (unpaired) electrons. The first-order valence-electron chi connectivity index (χ1n) is 7.46. The summed E-state index contributed by atoms with van der Waals surface area (Å²) in [5.74, 6) is -0.838. The predicted molar refractivity (Wildman–Crippen MR) is 92.9 cm³/mol. The number of hydrogen-bond donors (Lipinski definition) is 2. The third kappa shape index (κ3) is 3.59. The number of carboxylic acids is 1. The number of β-lactam (4-membered cyclic amide) rings is 1. The minimum Gasteiger partial charge on any atom is -0.477 e. The molecule has 2 aliphatic heterocycles. The molecular weight excluding hydrogens is 348 g/mol. The summed E-state index contributed by atoms with van der Waals surface area (Å²) in [6.07, 6.45) is 0.677. The van der Waals surface area contributed by atoms with Crippen LogP contribution in [-0.4, -0.2) is 38.9 Å². The highest BCUT2D eigenvalue weighted by Gasteiger charge is 2.48. The molecule has 1 aromatic rings. The van der Waals surface area contributed by atoms with Crippen LogP contribution in [-0.2, 0) is 20.9 Å². The third-order valence-electron chi connectivity index (χ3n) is 3.68. The molecule has 1 saturated heterocycles. The second-order valence-electron chi connectivity index (χ2n) is 5.34. The van der Waals surface area contributed by atoms with Crippen LogP contribution in [0.4, 0.5) is 0 Å². The third-order valence-corrected chi connectivity index (χ3v) is 6.24. The predicted octanol–water partition coefficient (Wildman–Crippen LogP) is 1.99. The lowest BCUT2D eigenvalue weighted by molar-refractivity contribution is -0.145. The van der Waals surface area contributed by atoms with Gasteiger partial charge >= 0.3 is 5.97 Å². The number of hydrogen-bond acceptors (Lipinski definition) is 5. The van der Waals surface area contributed by atoms with Gasteiger partial charge in [0.05, 0.1) is 16.0 Å². The molecule has 0 aliphatic carbocycles. The van der Waals surface area contributed by atoms with Gasteiger partial charge in [-0.3, -0.25) is 14.5 Å². The molecule has 1 aromatic carbocycles. The van der Waals surface area contributed by atoms with Crippen molar-refractivity contribution in [1.29, 1.82) is 0 Å². The lowest BCUT2D eigenvalue weighted by Gasteiger charge is -2.33. The molecule has 0 aromatic heterocycles. The zero-order chi connectivity index (χ0) is 17.1. The van der Waals surface area contributed by atoms with Gasteiger partial charge in [-0.05, 0) is 5.56 Å². The molecular formula is C16H16N2O4S2. The smallest absolute Gasteiger partial charge is 0.354 e. The minimum atomic E-state index is -1.09. The highest BCUT2D eigenvalue weighted by atomic mass is 32.2. The Labute approximate surface area is 147 Å². The van der Waals surface area contributed by atoms with E-state index >= 15 is 0 Å². The Bertz CT molecular complexity index is 705. The first-order chi connectivity index (χ1) is 11.6. The van der Waals surface area contributed by atoms with Gasteiger partial charge in [0.15, 0.2) is 5.70 Å². The Balaban J connectivity index is 1.47. The van der Waals surface area contributed by atoms with E-state index in [-0.39, 0.29) is 22.9 Å². The van der Waals surface area contributed by atoms with Gasteiger partial charge in [-0.2, -0.15) is 0 Å². The van der Waals surface area contributed by atoms with Crippen molar-refractivity contribution in [3.05, 3.63) is 45.8 Å². The molecule has 0 bridgehead atoms.